The molecular weight excluding hydrogens is 191 g/mol. The number of halogens is 3. The van der Waals surface area contributed by atoms with Gasteiger partial charge in [-0.25, -0.2) is 13.2 Å². The Morgan fingerprint density at radius 2 is 2.00 bits per heavy atom. The molecule has 1 aliphatic heterocycles. The molecule has 1 fully saturated rings. The van der Waals surface area contributed by atoms with Crippen LogP contribution in [0.1, 0.15) is 17.9 Å². The zero-order chi connectivity index (χ0) is 10.1. The molecule has 1 saturated heterocycles. The third kappa shape index (κ3) is 1.62. The smallest absolute Gasteiger partial charge is 0.162 e. The highest BCUT2D eigenvalue weighted by Crippen LogP contribution is 2.26. The summed E-state index contributed by atoms with van der Waals surface area (Å²) in [6.07, 6.45) is 0.722. The van der Waals surface area contributed by atoms with Crippen LogP contribution in [0, 0.1) is 17.5 Å². The second-order valence-corrected chi connectivity index (χ2v) is 3.48. The standard InChI is InChI=1S/C10H10F3N/c11-7-3-8(6-1-2-14-5-6)10(13)9(12)4-7/h3-4,6,14H,1-2,5H2. The van der Waals surface area contributed by atoms with Crippen LogP contribution in [0.4, 0.5) is 13.2 Å². The average Bonchev–Trinajstić information content (AvgIpc) is 2.63. The number of hydrogen-bond donors (Lipinski definition) is 1. The lowest BCUT2D eigenvalue weighted by Gasteiger charge is -2.10. The molecule has 1 heterocycles. The van der Waals surface area contributed by atoms with Crippen molar-refractivity contribution in [3.05, 3.63) is 35.1 Å². The quantitative estimate of drug-likeness (QED) is 0.687. The van der Waals surface area contributed by atoms with E-state index < -0.39 is 17.5 Å². The summed E-state index contributed by atoms with van der Waals surface area (Å²) in [6, 6.07) is 1.65. The number of benzene rings is 1. The van der Waals surface area contributed by atoms with E-state index in [1.165, 1.54) is 0 Å². The van der Waals surface area contributed by atoms with Gasteiger partial charge in [0.15, 0.2) is 11.6 Å². The second-order valence-electron chi connectivity index (χ2n) is 3.48. The Bertz CT molecular complexity index is 345. The fourth-order valence-corrected chi connectivity index (χ4v) is 1.79. The van der Waals surface area contributed by atoms with Gasteiger partial charge < -0.3 is 5.32 Å². The van der Waals surface area contributed by atoms with Crippen molar-refractivity contribution in [1.29, 1.82) is 0 Å². The molecule has 1 unspecified atom stereocenters. The number of rotatable bonds is 1. The van der Waals surface area contributed by atoms with Gasteiger partial charge in [0.1, 0.15) is 5.82 Å². The van der Waals surface area contributed by atoms with Gasteiger partial charge in [0.05, 0.1) is 0 Å². The average molecular weight is 201 g/mol. The molecule has 1 aromatic carbocycles. The van der Waals surface area contributed by atoms with E-state index in [0.29, 0.717) is 12.6 Å². The van der Waals surface area contributed by atoms with Gasteiger partial charge in [-0.1, -0.05) is 0 Å². The molecule has 4 heteroatoms. The van der Waals surface area contributed by atoms with Crippen molar-refractivity contribution in [3.63, 3.8) is 0 Å². The molecule has 0 amide bonds. The molecule has 1 aromatic rings. The van der Waals surface area contributed by atoms with Crippen LogP contribution in [0.25, 0.3) is 0 Å². The maximum absolute atomic E-state index is 13.3. The number of hydrogen-bond acceptors (Lipinski definition) is 1. The van der Waals surface area contributed by atoms with Crippen molar-refractivity contribution >= 4 is 0 Å². The summed E-state index contributed by atoms with van der Waals surface area (Å²) in [5.41, 5.74) is 0.146. The van der Waals surface area contributed by atoms with Crippen molar-refractivity contribution in [2.75, 3.05) is 13.1 Å². The number of nitrogens with one attached hydrogen (secondary N) is 1. The van der Waals surface area contributed by atoms with Crippen molar-refractivity contribution in [2.45, 2.75) is 12.3 Å². The fourth-order valence-electron chi connectivity index (χ4n) is 1.79. The zero-order valence-corrected chi connectivity index (χ0v) is 7.49. The van der Waals surface area contributed by atoms with Gasteiger partial charge >= 0.3 is 0 Å². The Kier molecular flexibility index (Phi) is 2.46. The lowest BCUT2D eigenvalue weighted by atomic mass is 9.97. The van der Waals surface area contributed by atoms with E-state index in [1.807, 2.05) is 0 Å². The minimum atomic E-state index is -1.10. The van der Waals surface area contributed by atoms with Gasteiger partial charge in [-0.15, -0.1) is 0 Å². The van der Waals surface area contributed by atoms with Gasteiger partial charge in [-0.05, 0) is 24.6 Å². The fraction of sp³-hybridized carbons (Fsp3) is 0.400. The molecule has 0 saturated carbocycles. The SMILES string of the molecule is Fc1cc(F)c(F)c(C2CCNC2)c1. The largest absolute Gasteiger partial charge is 0.316 e. The Labute approximate surface area is 79.9 Å². The van der Waals surface area contributed by atoms with E-state index in [-0.39, 0.29) is 11.5 Å². The molecule has 1 N–H and O–H groups in total. The lowest BCUT2D eigenvalue weighted by Crippen LogP contribution is -2.10. The third-order valence-electron chi connectivity index (χ3n) is 2.52. The molecule has 14 heavy (non-hydrogen) atoms. The minimum Gasteiger partial charge on any atom is -0.316 e. The van der Waals surface area contributed by atoms with Crippen LogP contribution in [0.2, 0.25) is 0 Å². The maximum atomic E-state index is 13.3. The van der Waals surface area contributed by atoms with Gasteiger partial charge in [-0.3, -0.25) is 0 Å². The first-order valence-corrected chi connectivity index (χ1v) is 4.53. The van der Waals surface area contributed by atoms with Crippen LogP contribution < -0.4 is 5.32 Å². The molecule has 0 aromatic heterocycles. The normalized spacial score (nSPS) is 21.5. The first kappa shape index (κ1) is 9.52. The molecular formula is C10H10F3N. The van der Waals surface area contributed by atoms with Crippen LogP contribution in [0.5, 0.6) is 0 Å². The van der Waals surface area contributed by atoms with Crippen LogP contribution >= 0.6 is 0 Å². The minimum absolute atomic E-state index is 0.111. The molecule has 1 atom stereocenters. The summed E-state index contributed by atoms with van der Waals surface area (Å²) in [5, 5.41) is 3.03. The topological polar surface area (TPSA) is 12.0 Å². The van der Waals surface area contributed by atoms with Gasteiger partial charge in [0.25, 0.3) is 0 Å². The summed E-state index contributed by atoms with van der Waals surface area (Å²) in [4.78, 5) is 0. The zero-order valence-electron chi connectivity index (χ0n) is 7.49. The first-order chi connectivity index (χ1) is 6.68. The molecule has 0 aliphatic carbocycles. The third-order valence-corrected chi connectivity index (χ3v) is 2.52. The molecule has 0 radical (unpaired) electrons. The van der Waals surface area contributed by atoms with E-state index in [4.69, 9.17) is 0 Å². The van der Waals surface area contributed by atoms with Gasteiger partial charge in [0.2, 0.25) is 0 Å². The highest BCUT2D eigenvalue weighted by atomic mass is 19.2. The predicted molar refractivity (Wildman–Crippen MR) is 46.5 cm³/mol. The highest BCUT2D eigenvalue weighted by Gasteiger charge is 2.22. The van der Waals surface area contributed by atoms with Gasteiger partial charge in [-0.2, -0.15) is 0 Å². The molecule has 0 bridgehead atoms. The van der Waals surface area contributed by atoms with Crippen LogP contribution in [-0.4, -0.2) is 13.1 Å². The highest BCUT2D eigenvalue weighted by molar-refractivity contribution is 5.25. The van der Waals surface area contributed by atoms with Crippen molar-refractivity contribution in [2.24, 2.45) is 0 Å². The second kappa shape index (κ2) is 3.61. The Morgan fingerprint density at radius 3 is 2.64 bits per heavy atom. The Morgan fingerprint density at radius 1 is 1.21 bits per heavy atom. The van der Waals surface area contributed by atoms with E-state index >= 15 is 0 Å². The van der Waals surface area contributed by atoms with Crippen molar-refractivity contribution in [3.8, 4) is 0 Å². The van der Waals surface area contributed by atoms with Crippen molar-refractivity contribution < 1.29 is 13.2 Å². The molecule has 0 spiro atoms. The molecule has 2 rings (SSSR count). The van der Waals surface area contributed by atoms with Crippen molar-refractivity contribution in [1.82, 2.24) is 5.32 Å². The summed E-state index contributed by atoms with van der Waals surface area (Å²) < 4.78 is 39.0. The summed E-state index contributed by atoms with van der Waals surface area (Å²) >= 11 is 0. The Balaban J connectivity index is 2.40. The first-order valence-electron chi connectivity index (χ1n) is 4.53. The summed E-state index contributed by atoms with van der Waals surface area (Å²) in [6.45, 7) is 1.35. The summed E-state index contributed by atoms with van der Waals surface area (Å²) in [7, 11) is 0. The molecule has 1 nitrogen and oxygen atoms in total. The van der Waals surface area contributed by atoms with E-state index in [2.05, 4.69) is 5.32 Å². The van der Waals surface area contributed by atoms with Gasteiger partial charge in [0, 0.05) is 18.5 Å². The van der Waals surface area contributed by atoms with E-state index in [1.54, 1.807) is 0 Å². The van der Waals surface area contributed by atoms with E-state index in [9.17, 15) is 13.2 Å². The predicted octanol–water partition coefficient (Wildman–Crippen LogP) is 2.18. The van der Waals surface area contributed by atoms with Crippen LogP contribution in [0.3, 0.4) is 0 Å². The molecule has 76 valence electrons. The Hall–Kier alpha value is -1.03. The maximum Gasteiger partial charge on any atom is 0.162 e. The van der Waals surface area contributed by atoms with E-state index in [0.717, 1.165) is 19.0 Å². The monoisotopic (exact) mass is 201 g/mol. The summed E-state index contributed by atoms with van der Waals surface area (Å²) in [5.74, 6) is -2.85. The lowest BCUT2D eigenvalue weighted by molar-refractivity contribution is 0.476. The van der Waals surface area contributed by atoms with Crippen LogP contribution in [-0.2, 0) is 0 Å². The van der Waals surface area contributed by atoms with Crippen LogP contribution in [0.15, 0.2) is 12.1 Å². The molecule has 1 aliphatic rings.